The molecular formula is C14H21ClN2O3. The van der Waals surface area contributed by atoms with Gasteiger partial charge in [0.2, 0.25) is 5.91 Å². The predicted octanol–water partition coefficient (Wildman–Crippen LogP) is 1.44. The molecule has 6 heteroatoms. The molecule has 5 nitrogen and oxygen atoms in total. The van der Waals surface area contributed by atoms with E-state index in [0.29, 0.717) is 13.0 Å². The summed E-state index contributed by atoms with van der Waals surface area (Å²) >= 11 is 0. The third-order valence-corrected chi connectivity index (χ3v) is 2.56. The summed E-state index contributed by atoms with van der Waals surface area (Å²) in [4.78, 5) is 23.6. The van der Waals surface area contributed by atoms with Crippen LogP contribution in [0.1, 0.15) is 24.9 Å². The fraction of sp³-hybridized carbons (Fsp3) is 0.429. The van der Waals surface area contributed by atoms with E-state index in [1.165, 1.54) is 0 Å². The molecule has 112 valence electrons. The van der Waals surface area contributed by atoms with Gasteiger partial charge in [0.1, 0.15) is 0 Å². The van der Waals surface area contributed by atoms with Gasteiger partial charge in [0.05, 0.1) is 6.61 Å². The number of carbonyl (C=O) groups is 2. The summed E-state index contributed by atoms with van der Waals surface area (Å²) in [6.45, 7) is 2.59. The van der Waals surface area contributed by atoms with Crippen LogP contribution in [0.25, 0.3) is 0 Å². The Morgan fingerprint density at radius 3 is 2.45 bits per heavy atom. The third-order valence-electron chi connectivity index (χ3n) is 2.56. The van der Waals surface area contributed by atoms with E-state index in [-0.39, 0.29) is 24.9 Å². The highest BCUT2D eigenvalue weighted by atomic mass is 35.5. The maximum Gasteiger partial charge on any atom is 0.333 e. The Kier molecular flexibility index (Phi) is 9.41. The van der Waals surface area contributed by atoms with Crippen LogP contribution < -0.4 is 10.6 Å². The van der Waals surface area contributed by atoms with Crippen molar-refractivity contribution in [1.29, 1.82) is 0 Å². The maximum absolute atomic E-state index is 11.9. The molecule has 1 atom stereocenters. The first-order valence-electron chi connectivity index (χ1n) is 6.34. The van der Waals surface area contributed by atoms with Crippen LogP contribution in [-0.4, -0.2) is 32.1 Å². The van der Waals surface area contributed by atoms with Crippen molar-refractivity contribution in [1.82, 2.24) is 10.6 Å². The van der Waals surface area contributed by atoms with Crippen molar-refractivity contribution in [3.8, 4) is 0 Å². The molecule has 0 aliphatic rings. The summed E-state index contributed by atoms with van der Waals surface area (Å²) in [5.41, 5.74) is 0.721. The number of esters is 1. The molecule has 0 saturated heterocycles. The van der Waals surface area contributed by atoms with Gasteiger partial charge >= 0.3 is 5.97 Å². The molecule has 1 aromatic carbocycles. The minimum absolute atomic E-state index is 0. The molecule has 0 saturated carbocycles. The molecule has 0 aliphatic carbocycles. The first kappa shape index (κ1) is 18.4. The number of hydrogen-bond donors (Lipinski definition) is 2. The second kappa shape index (κ2) is 10.2. The van der Waals surface area contributed by atoms with Crippen molar-refractivity contribution in [3.63, 3.8) is 0 Å². The zero-order valence-electron chi connectivity index (χ0n) is 11.7. The standard InChI is InChI=1S/C14H20N2O3.ClH/c1-3-19-14(18)13(11-7-5-4-6-8-11)16-12(17)9-10-15-2;/h4-8,13,15H,3,9-10H2,1-2H3,(H,16,17);1H/t13-;/m1./s1. The summed E-state index contributed by atoms with van der Waals surface area (Å²) in [5, 5.41) is 5.59. The number of carbonyl (C=O) groups excluding carboxylic acids is 2. The van der Waals surface area contributed by atoms with Gasteiger partial charge in [0.25, 0.3) is 0 Å². The second-order valence-electron chi connectivity index (χ2n) is 4.02. The molecule has 0 aliphatic heterocycles. The topological polar surface area (TPSA) is 67.4 Å². The van der Waals surface area contributed by atoms with E-state index in [1.807, 2.05) is 18.2 Å². The summed E-state index contributed by atoms with van der Waals surface area (Å²) in [6.07, 6.45) is 0.319. The molecule has 0 bridgehead atoms. The van der Waals surface area contributed by atoms with Gasteiger partial charge in [-0.1, -0.05) is 30.3 Å². The van der Waals surface area contributed by atoms with Crippen molar-refractivity contribution < 1.29 is 14.3 Å². The van der Waals surface area contributed by atoms with Gasteiger partial charge in [-0.15, -0.1) is 12.4 Å². The molecule has 2 N–H and O–H groups in total. The Morgan fingerprint density at radius 1 is 1.25 bits per heavy atom. The van der Waals surface area contributed by atoms with Crippen LogP contribution in [0.3, 0.4) is 0 Å². The minimum atomic E-state index is -0.745. The van der Waals surface area contributed by atoms with E-state index in [0.717, 1.165) is 5.56 Å². The van der Waals surface area contributed by atoms with Crippen LogP contribution in [0, 0.1) is 0 Å². The SMILES string of the molecule is CCOC(=O)[C@H](NC(=O)CCNC)c1ccccc1.Cl. The van der Waals surface area contributed by atoms with Crippen molar-refractivity contribution in [2.75, 3.05) is 20.2 Å². The quantitative estimate of drug-likeness (QED) is 0.748. The lowest BCUT2D eigenvalue weighted by Crippen LogP contribution is -2.36. The molecule has 0 radical (unpaired) electrons. The lowest BCUT2D eigenvalue weighted by Gasteiger charge is -2.17. The van der Waals surface area contributed by atoms with Crippen molar-refractivity contribution in [3.05, 3.63) is 35.9 Å². The lowest BCUT2D eigenvalue weighted by molar-refractivity contribution is -0.147. The summed E-state index contributed by atoms with van der Waals surface area (Å²) in [5.74, 6) is -0.622. The van der Waals surface area contributed by atoms with Crippen LogP contribution in [-0.2, 0) is 14.3 Å². The highest BCUT2D eigenvalue weighted by Crippen LogP contribution is 2.14. The molecular weight excluding hydrogens is 280 g/mol. The van der Waals surface area contributed by atoms with Crippen LogP contribution in [0.4, 0.5) is 0 Å². The first-order valence-corrected chi connectivity index (χ1v) is 6.34. The molecule has 1 rings (SSSR count). The van der Waals surface area contributed by atoms with Gasteiger partial charge in [-0.2, -0.15) is 0 Å². The Morgan fingerprint density at radius 2 is 1.90 bits per heavy atom. The molecule has 1 amide bonds. The summed E-state index contributed by atoms with van der Waals surface area (Å²) in [6, 6.07) is 8.34. The number of rotatable bonds is 7. The summed E-state index contributed by atoms with van der Waals surface area (Å²) < 4.78 is 4.99. The zero-order chi connectivity index (χ0) is 14.1. The van der Waals surface area contributed by atoms with Crippen LogP contribution in [0.5, 0.6) is 0 Å². The number of benzene rings is 1. The summed E-state index contributed by atoms with van der Waals surface area (Å²) in [7, 11) is 1.77. The minimum Gasteiger partial charge on any atom is -0.464 e. The second-order valence-corrected chi connectivity index (χ2v) is 4.02. The van der Waals surface area contributed by atoms with E-state index in [1.54, 1.807) is 26.1 Å². The van der Waals surface area contributed by atoms with Gasteiger partial charge in [-0.25, -0.2) is 4.79 Å². The van der Waals surface area contributed by atoms with Gasteiger partial charge in [-0.05, 0) is 19.5 Å². The normalized spacial score (nSPS) is 11.1. The van der Waals surface area contributed by atoms with E-state index >= 15 is 0 Å². The number of hydrogen-bond acceptors (Lipinski definition) is 4. The Balaban J connectivity index is 0.00000361. The van der Waals surface area contributed by atoms with Gasteiger partial charge in [0, 0.05) is 13.0 Å². The van der Waals surface area contributed by atoms with Crippen molar-refractivity contribution in [2.24, 2.45) is 0 Å². The smallest absolute Gasteiger partial charge is 0.333 e. The number of ether oxygens (including phenoxy) is 1. The third kappa shape index (κ3) is 6.04. The zero-order valence-corrected chi connectivity index (χ0v) is 12.5. The van der Waals surface area contributed by atoms with E-state index in [4.69, 9.17) is 4.74 Å². The van der Waals surface area contributed by atoms with E-state index in [2.05, 4.69) is 10.6 Å². The monoisotopic (exact) mass is 300 g/mol. The molecule has 20 heavy (non-hydrogen) atoms. The molecule has 1 aromatic rings. The Labute approximate surface area is 125 Å². The van der Waals surface area contributed by atoms with Gasteiger partial charge in [-0.3, -0.25) is 4.79 Å². The predicted molar refractivity (Wildman–Crippen MR) is 79.8 cm³/mol. The number of nitrogens with one attached hydrogen (secondary N) is 2. The van der Waals surface area contributed by atoms with Crippen LogP contribution in [0.15, 0.2) is 30.3 Å². The average molecular weight is 301 g/mol. The first-order chi connectivity index (χ1) is 9.19. The fourth-order valence-electron chi connectivity index (χ4n) is 1.62. The lowest BCUT2D eigenvalue weighted by atomic mass is 10.1. The molecule has 0 fully saturated rings. The molecule has 0 unspecified atom stereocenters. The Hall–Kier alpha value is -1.59. The van der Waals surface area contributed by atoms with Crippen LogP contribution >= 0.6 is 12.4 Å². The highest BCUT2D eigenvalue weighted by Gasteiger charge is 2.23. The average Bonchev–Trinajstić information content (AvgIpc) is 2.43. The van der Waals surface area contributed by atoms with Crippen molar-refractivity contribution >= 4 is 24.3 Å². The van der Waals surface area contributed by atoms with E-state index in [9.17, 15) is 9.59 Å². The maximum atomic E-state index is 11.9. The van der Waals surface area contributed by atoms with Gasteiger partial charge < -0.3 is 15.4 Å². The molecule has 0 heterocycles. The largest absolute Gasteiger partial charge is 0.464 e. The van der Waals surface area contributed by atoms with Gasteiger partial charge in [0.15, 0.2) is 6.04 Å². The Bertz CT molecular complexity index is 412. The highest BCUT2D eigenvalue weighted by molar-refractivity contribution is 5.85. The molecule has 0 spiro atoms. The molecule has 0 aromatic heterocycles. The fourth-order valence-corrected chi connectivity index (χ4v) is 1.62. The van der Waals surface area contributed by atoms with Crippen LogP contribution in [0.2, 0.25) is 0 Å². The van der Waals surface area contributed by atoms with E-state index < -0.39 is 12.0 Å². The number of amides is 1. The number of halogens is 1. The van der Waals surface area contributed by atoms with Crippen molar-refractivity contribution in [2.45, 2.75) is 19.4 Å².